The summed E-state index contributed by atoms with van der Waals surface area (Å²) in [5.74, 6) is 1.79. The van der Waals surface area contributed by atoms with Crippen LogP contribution in [-0.4, -0.2) is 36.6 Å². The smallest absolute Gasteiger partial charge is 0.0249 e. The fraction of sp³-hybridized carbons (Fsp3) is 1.00. The van der Waals surface area contributed by atoms with Gasteiger partial charge in [-0.1, -0.05) is 27.2 Å². The monoisotopic (exact) mass is 238 g/mol. The molecule has 0 radical (unpaired) electrons. The van der Waals surface area contributed by atoms with E-state index in [1.165, 1.54) is 51.7 Å². The van der Waals surface area contributed by atoms with E-state index in [1.54, 1.807) is 0 Å². The van der Waals surface area contributed by atoms with E-state index in [0.717, 1.165) is 23.9 Å². The summed E-state index contributed by atoms with van der Waals surface area (Å²) in [6.45, 7) is 11.0. The molecule has 0 amide bonds. The predicted octanol–water partition coefficient (Wildman–Crippen LogP) is 2.89. The van der Waals surface area contributed by atoms with E-state index in [4.69, 9.17) is 0 Å². The molecule has 1 heterocycles. The maximum Gasteiger partial charge on any atom is 0.0249 e. The second kappa shape index (κ2) is 6.19. The van der Waals surface area contributed by atoms with Gasteiger partial charge in [-0.25, -0.2) is 0 Å². The molecule has 1 saturated carbocycles. The van der Waals surface area contributed by atoms with Crippen molar-refractivity contribution in [3.63, 3.8) is 0 Å². The fourth-order valence-corrected chi connectivity index (χ4v) is 3.93. The number of hydrogen-bond acceptors (Lipinski definition) is 2. The van der Waals surface area contributed by atoms with Crippen molar-refractivity contribution in [1.82, 2.24) is 10.2 Å². The minimum Gasteiger partial charge on any atom is -0.312 e. The zero-order valence-corrected chi connectivity index (χ0v) is 11.9. The maximum absolute atomic E-state index is 3.77. The molecular weight excluding hydrogens is 208 g/mol. The second-order valence-corrected chi connectivity index (χ2v) is 6.46. The van der Waals surface area contributed by atoms with Gasteiger partial charge in [-0.15, -0.1) is 0 Å². The molecule has 1 aliphatic heterocycles. The highest BCUT2D eigenvalue weighted by Gasteiger charge is 2.34. The molecule has 100 valence electrons. The van der Waals surface area contributed by atoms with Crippen molar-refractivity contribution < 1.29 is 0 Å². The van der Waals surface area contributed by atoms with Crippen LogP contribution >= 0.6 is 0 Å². The molecule has 2 fully saturated rings. The summed E-state index contributed by atoms with van der Waals surface area (Å²) in [5.41, 5.74) is 0. The topological polar surface area (TPSA) is 15.3 Å². The van der Waals surface area contributed by atoms with Crippen molar-refractivity contribution in [3.05, 3.63) is 0 Å². The highest BCUT2D eigenvalue weighted by Crippen LogP contribution is 2.30. The van der Waals surface area contributed by atoms with Gasteiger partial charge in [0.15, 0.2) is 0 Å². The lowest BCUT2D eigenvalue weighted by Gasteiger charge is -2.41. The standard InChI is InChI=1S/C15H30N2/c1-4-8-16-14-6-5-7-15(14)17-10-12(2)9-13(3)11-17/h12-16H,4-11H2,1-3H3. The summed E-state index contributed by atoms with van der Waals surface area (Å²) in [5, 5.41) is 3.77. The van der Waals surface area contributed by atoms with Gasteiger partial charge in [0.05, 0.1) is 0 Å². The normalized spacial score (nSPS) is 39.7. The van der Waals surface area contributed by atoms with E-state index >= 15 is 0 Å². The molecule has 2 heteroatoms. The molecular formula is C15H30N2. The van der Waals surface area contributed by atoms with Gasteiger partial charge >= 0.3 is 0 Å². The van der Waals surface area contributed by atoms with Crippen LogP contribution in [0.1, 0.15) is 52.9 Å². The van der Waals surface area contributed by atoms with Crippen molar-refractivity contribution in [1.29, 1.82) is 0 Å². The first kappa shape index (κ1) is 13.4. The van der Waals surface area contributed by atoms with Crippen LogP contribution in [0.5, 0.6) is 0 Å². The largest absolute Gasteiger partial charge is 0.312 e. The number of piperidine rings is 1. The quantitative estimate of drug-likeness (QED) is 0.810. The van der Waals surface area contributed by atoms with Crippen LogP contribution in [0.2, 0.25) is 0 Å². The third kappa shape index (κ3) is 3.45. The van der Waals surface area contributed by atoms with Crippen molar-refractivity contribution >= 4 is 0 Å². The van der Waals surface area contributed by atoms with Gasteiger partial charge in [-0.2, -0.15) is 0 Å². The average molecular weight is 238 g/mol. The van der Waals surface area contributed by atoms with Crippen LogP contribution in [0.25, 0.3) is 0 Å². The third-order valence-corrected chi connectivity index (χ3v) is 4.50. The lowest BCUT2D eigenvalue weighted by Crippen LogP contribution is -2.51. The highest BCUT2D eigenvalue weighted by atomic mass is 15.2. The summed E-state index contributed by atoms with van der Waals surface area (Å²) in [4.78, 5) is 2.79. The van der Waals surface area contributed by atoms with Crippen molar-refractivity contribution in [2.24, 2.45) is 11.8 Å². The predicted molar refractivity (Wildman–Crippen MR) is 74.2 cm³/mol. The molecule has 0 aromatic carbocycles. The lowest BCUT2D eigenvalue weighted by atomic mass is 9.90. The first-order valence-corrected chi connectivity index (χ1v) is 7.68. The van der Waals surface area contributed by atoms with E-state index in [9.17, 15) is 0 Å². The molecule has 1 aliphatic carbocycles. The van der Waals surface area contributed by atoms with Crippen molar-refractivity contribution in [2.75, 3.05) is 19.6 Å². The molecule has 0 bridgehead atoms. The van der Waals surface area contributed by atoms with Crippen LogP contribution in [0.15, 0.2) is 0 Å². The molecule has 1 saturated heterocycles. The molecule has 17 heavy (non-hydrogen) atoms. The zero-order valence-electron chi connectivity index (χ0n) is 11.9. The first-order chi connectivity index (χ1) is 8.20. The number of nitrogens with zero attached hydrogens (tertiary/aromatic N) is 1. The SMILES string of the molecule is CCCNC1CCCC1N1CC(C)CC(C)C1. The van der Waals surface area contributed by atoms with Gasteiger partial charge in [0, 0.05) is 25.2 Å². The molecule has 2 aliphatic rings. The Labute approximate surface area is 107 Å². The lowest BCUT2D eigenvalue weighted by molar-refractivity contribution is 0.0846. The summed E-state index contributed by atoms with van der Waals surface area (Å²) in [7, 11) is 0. The molecule has 2 rings (SSSR count). The summed E-state index contributed by atoms with van der Waals surface area (Å²) in [6.07, 6.45) is 6.92. The van der Waals surface area contributed by atoms with Gasteiger partial charge in [0.2, 0.25) is 0 Å². The van der Waals surface area contributed by atoms with Gasteiger partial charge in [-0.3, -0.25) is 4.90 Å². The summed E-state index contributed by atoms with van der Waals surface area (Å²) < 4.78 is 0. The van der Waals surface area contributed by atoms with E-state index in [0.29, 0.717) is 0 Å². The van der Waals surface area contributed by atoms with Gasteiger partial charge in [0.1, 0.15) is 0 Å². The average Bonchev–Trinajstić information content (AvgIpc) is 2.73. The Morgan fingerprint density at radius 1 is 1.12 bits per heavy atom. The first-order valence-electron chi connectivity index (χ1n) is 7.68. The van der Waals surface area contributed by atoms with Crippen LogP contribution in [-0.2, 0) is 0 Å². The molecule has 4 unspecified atom stereocenters. The van der Waals surface area contributed by atoms with Gasteiger partial charge in [0.25, 0.3) is 0 Å². The van der Waals surface area contributed by atoms with Crippen LogP contribution in [0.3, 0.4) is 0 Å². The Morgan fingerprint density at radius 3 is 2.47 bits per heavy atom. The van der Waals surface area contributed by atoms with Crippen LogP contribution in [0, 0.1) is 11.8 Å². The Morgan fingerprint density at radius 2 is 1.82 bits per heavy atom. The molecule has 4 atom stereocenters. The Hall–Kier alpha value is -0.0800. The number of likely N-dealkylation sites (tertiary alicyclic amines) is 1. The van der Waals surface area contributed by atoms with E-state index < -0.39 is 0 Å². The Balaban J connectivity index is 1.90. The Bertz CT molecular complexity index is 219. The molecule has 2 nitrogen and oxygen atoms in total. The van der Waals surface area contributed by atoms with E-state index in [-0.39, 0.29) is 0 Å². The number of nitrogens with one attached hydrogen (secondary N) is 1. The number of hydrogen-bond donors (Lipinski definition) is 1. The van der Waals surface area contributed by atoms with Crippen LogP contribution < -0.4 is 5.32 Å². The summed E-state index contributed by atoms with van der Waals surface area (Å²) >= 11 is 0. The second-order valence-electron chi connectivity index (χ2n) is 6.46. The van der Waals surface area contributed by atoms with Gasteiger partial charge < -0.3 is 5.32 Å². The Kier molecular flexibility index (Phi) is 4.87. The zero-order chi connectivity index (χ0) is 12.3. The minimum absolute atomic E-state index is 0.771. The fourth-order valence-electron chi connectivity index (χ4n) is 3.93. The van der Waals surface area contributed by atoms with E-state index in [1.807, 2.05) is 0 Å². The van der Waals surface area contributed by atoms with Crippen molar-refractivity contribution in [3.8, 4) is 0 Å². The number of rotatable bonds is 4. The summed E-state index contributed by atoms with van der Waals surface area (Å²) in [6, 6.07) is 1.60. The third-order valence-electron chi connectivity index (χ3n) is 4.50. The van der Waals surface area contributed by atoms with E-state index in [2.05, 4.69) is 31.0 Å². The molecule has 0 aromatic rings. The highest BCUT2D eigenvalue weighted by molar-refractivity contribution is 4.92. The van der Waals surface area contributed by atoms with Crippen molar-refractivity contribution in [2.45, 2.75) is 65.0 Å². The maximum atomic E-state index is 3.77. The molecule has 0 aromatic heterocycles. The van der Waals surface area contributed by atoms with Gasteiger partial charge in [-0.05, 0) is 44.1 Å². The molecule has 0 spiro atoms. The molecule has 1 N–H and O–H groups in total. The van der Waals surface area contributed by atoms with Crippen LogP contribution in [0.4, 0.5) is 0 Å². The minimum atomic E-state index is 0.771.